The van der Waals surface area contributed by atoms with E-state index in [-0.39, 0.29) is 23.8 Å². The Morgan fingerprint density at radius 2 is 1.67 bits per heavy atom. The van der Waals surface area contributed by atoms with E-state index in [2.05, 4.69) is 16.3 Å². The molecule has 224 valence electrons. The van der Waals surface area contributed by atoms with Crippen molar-refractivity contribution in [2.45, 2.75) is 45.3 Å². The molecule has 4 heterocycles. The number of hydrogen-bond donors (Lipinski definition) is 1. The topological polar surface area (TPSA) is 110 Å². The number of aromatic nitrogens is 1. The third-order valence-electron chi connectivity index (χ3n) is 8.84. The van der Waals surface area contributed by atoms with Crippen LogP contribution < -0.4 is 20.3 Å². The van der Waals surface area contributed by atoms with Gasteiger partial charge in [-0.2, -0.15) is 0 Å². The summed E-state index contributed by atoms with van der Waals surface area (Å²) in [5.74, 6) is 1.11. The van der Waals surface area contributed by atoms with Gasteiger partial charge in [-0.15, -0.1) is 0 Å². The third-order valence-corrected chi connectivity index (χ3v) is 8.84. The highest BCUT2D eigenvalue weighted by Crippen LogP contribution is 2.37. The molecule has 3 aromatic rings. The summed E-state index contributed by atoms with van der Waals surface area (Å²) in [6.07, 6.45) is 3.29. The van der Waals surface area contributed by atoms with Crippen LogP contribution in [-0.4, -0.2) is 65.4 Å². The van der Waals surface area contributed by atoms with Crippen LogP contribution in [0.4, 0.5) is 0 Å². The lowest BCUT2D eigenvalue weighted by Crippen LogP contribution is -2.52. The van der Waals surface area contributed by atoms with Crippen LogP contribution in [0.2, 0.25) is 0 Å². The lowest BCUT2D eigenvalue weighted by atomic mass is 9.90. The fraction of sp³-hybridized carbons (Fsp3) is 0.394. The number of ether oxygens (including phenoxy) is 2. The predicted octanol–water partition coefficient (Wildman–Crippen LogP) is 2.81. The molecular formula is C33H36N4O6. The number of fused-ring (bicyclic) bond motifs is 1. The molecular weight excluding hydrogens is 548 g/mol. The lowest BCUT2D eigenvalue weighted by molar-refractivity contribution is -0.136. The van der Waals surface area contributed by atoms with Crippen LogP contribution in [0.15, 0.2) is 47.4 Å². The number of imide groups is 1. The van der Waals surface area contributed by atoms with Gasteiger partial charge in [0.05, 0.1) is 19.8 Å². The summed E-state index contributed by atoms with van der Waals surface area (Å²) in [4.78, 5) is 53.2. The highest BCUT2D eigenvalue weighted by atomic mass is 16.5. The second-order valence-corrected chi connectivity index (χ2v) is 11.8. The van der Waals surface area contributed by atoms with E-state index in [1.165, 1.54) is 0 Å². The number of likely N-dealkylation sites (tertiary alicyclic amines) is 1. The highest BCUT2D eigenvalue weighted by Gasteiger charge is 2.39. The van der Waals surface area contributed by atoms with E-state index in [0.29, 0.717) is 36.6 Å². The van der Waals surface area contributed by atoms with Gasteiger partial charge in [-0.05, 0) is 72.2 Å². The molecule has 43 heavy (non-hydrogen) atoms. The Balaban J connectivity index is 1.11. The number of methoxy groups -OCH3 is 2. The van der Waals surface area contributed by atoms with Crippen molar-refractivity contribution < 1.29 is 23.9 Å². The molecule has 1 unspecified atom stereocenters. The zero-order chi connectivity index (χ0) is 30.4. The minimum atomic E-state index is -0.602. The number of rotatable bonds is 8. The number of carbonyl (C=O) groups is 3. The van der Waals surface area contributed by atoms with Gasteiger partial charge in [-0.3, -0.25) is 29.4 Å². The number of nitrogens with one attached hydrogen (secondary N) is 1. The van der Waals surface area contributed by atoms with Crippen LogP contribution >= 0.6 is 0 Å². The molecule has 0 spiro atoms. The SMILES string of the molecule is COc1cc(-c2cc(C)c(=O)n(C)c2)cc(OC)c1CN1CC(Cc2ccc3c(c2)C(=O)N(C2CCC(=O)NC2=O)C3)C1. The second kappa shape index (κ2) is 11.3. The van der Waals surface area contributed by atoms with E-state index >= 15 is 0 Å². The van der Waals surface area contributed by atoms with Gasteiger partial charge in [-0.25, -0.2) is 0 Å². The van der Waals surface area contributed by atoms with Crippen molar-refractivity contribution in [3.63, 3.8) is 0 Å². The Morgan fingerprint density at radius 3 is 2.33 bits per heavy atom. The van der Waals surface area contributed by atoms with E-state index in [1.807, 2.05) is 43.5 Å². The smallest absolute Gasteiger partial charge is 0.255 e. The number of pyridine rings is 1. The molecule has 1 atom stereocenters. The number of benzene rings is 2. The lowest BCUT2D eigenvalue weighted by Gasteiger charge is -2.40. The molecule has 1 aromatic heterocycles. The van der Waals surface area contributed by atoms with Crippen LogP contribution in [0.3, 0.4) is 0 Å². The minimum Gasteiger partial charge on any atom is -0.496 e. The molecule has 0 bridgehead atoms. The summed E-state index contributed by atoms with van der Waals surface area (Å²) in [7, 11) is 5.06. The van der Waals surface area contributed by atoms with Gasteiger partial charge >= 0.3 is 0 Å². The quantitative estimate of drug-likeness (QED) is 0.406. The summed E-state index contributed by atoms with van der Waals surface area (Å²) in [6, 6.07) is 11.3. The van der Waals surface area contributed by atoms with Crippen molar-refractivity contribution in [1.29, 1.82) is 0 Å². The van der Waals surface area contributed by atoms with Crippen molar-refractivity contribution in [1.82, 2.24) is 19.7 Å². The van der Waals surface area contributed by atoms with Gasteiger partial charge in [0.1, 0.15) is 17.5 Å². The van der Waals surface area contributed by atoms with E-state index in [9.17, 15) is 19.2 Å². The summed E-state index contributed by atoms with van der Waals surface area (Å²) >= 11 is 0. The number of hydrogen-bond acceptors (Lipinski definition) is 7. The largest absolute Gasteiger partial charge is 0.496 e. The number of carbonyl (C=O) groups excluding carboxylic acids is 3. The Labute approximate surface area is 250 Å². The Morgan fingerprint density at radius 1 is 0.953 bits per heavy atom. The molecule has 3 amide bonds. The van der Waals surface area contributed by atoms with Gasteiger partial charge in [0.25, 0.3) is 11.5 Å². The van der Waals surface area contributed by atoms with Crippen molar-refractivity contribution >= 4 is 17.7 Å². The van der Waals surface area contributed by atoms with E-state index in [4.69, 9.17) is 9.47 Å². The standard InChI is InChI=1S/C33H36N4O6/c1-19-9-24(16-35(2)32(19)40)23-12-28(42-3)26(29(13-23)43-4)18-36-14-21(15-36)10-20-5-6-22-17-37(33(41)25(22)11-20)27-7-8-30(38)34-31(27)39/h5-6,9,11-13,16,21,27H,7-8,10,14-15,17-18H2,1-4H3,(H,34,38,39). The van der Waals surface area contributed by atoms with Crippen LogP contribution in [-0.2, 0) is 36.1 Å². The van der Waals surface area contributed by atoms with E-state index < -0.39 is 11.9 Å². The zero-order valence-corrected chi connectivity index (χ0v) is 24.9. The first-order chi connectivity index (χ1) is 20.6. The van der Waals surface area contributed by atoms with E-state index in [1.54, 1.807) is 30.7 Å². The first kappa shape index (κ1) is 28.7. The number of nitrogens with zero attached hydrogens (tertiary/aromatic N) is 3. The molecule has 3 aliphatic rings. The Bertz CT molecular complexity index is 1640. The number of piperidine rings is 1. The molecule has 1 N–H and O–H groups in total. The third kappa shape index (κ3) is 5.43. The van der Waals surface area contributed by atoms with Crippen molar-refractivity contribution in [2.75, 3.05) is 27.3 Å². The van der Waals surface area contributed by atoms with Crippen molar-refractivity contribution in [2.24, 2.45) is 13.0 Å². The van der Waals surface area contributed by atoms with Crippen molar-refractivity contribution in [3.8, 4) is 22.6 Å². The average Bonchev–Trinajstić information content (AvgIpc) is 3.29. The first-order valence-electron chi connectivity index (χ1n) is 14.6. The number of amides is 3. The minimum absolute atomic E-state index is 0.0210. The maximum Gasteiger partial charge on any atom is 0.255 e. The van der Waals surface area contributed by atoms with Gasteiger partial charge in [-0.1, -0.05) is 12.1 Å². The summed E-state index contributed by atoms with van der Waals surface area (Å²) < 4.78 is 13.2. The van der Waals surface area contributed by atoms with Crippen molar-refractivity contribution in [3.05, 3.63) is 80.8 Å². The van der Waals surface area contributed by atoms with Gasteiger partial charge in [0, 0.05) is 57.0 Å². The molecule has 2 saturated heterocycles. The maximum atomic E-state index is 13.2. The van der Waals surface area contributed by atoms with Gasteiger partial charge in [0.2, 0.25) is 11.8 Å². The Kier molecular flexibility index (Phi) is 7.56. The highest BCUT2D eigenvalue weighted by molar-refractivity contribution is 6.05. The fourth-order valence-electron chi connectivity index (χ4n) is 6.56. The molecule has 0 saturated carbocycles. The molecule has 10 heteroatoms. The first-order valence-corrected chi connectivity index (χ1v) is 14.6. The Hall–Kier alpha value is -4.44. The molecule has 2 fully saturated rings. The van der Waals surface area contributed by atoms with Crippen LogP contribution in [0.1, 0.15) is 45.5 Å². The summed E-state index contributed by atoms with van der Waals surface area (Å²) in [5, 5.41) is 2.35. The van der Waals surface area contributed by atoms with Crippen LogP contribution in [0.5, 0.6) is 11.5 Å². The maximum absolute atomic E-state index is 13.2. The molecule has 2 aromatic carbocycles. The molecule has 0 aliphatic carbocycles. The molecule has 3 aliphatic heterocycles. The summed E-state index contributed by atoms with van der Waals surface area (Å²) in [5.41, 5.74) is 6.14. The zero-order valence-electron chi connectivity index (χ0n) is 24.9. The normalized spacial score (nSPS) is 18.8. The average molecular weight is 585 g/mol. The second-order valence-electron chi connectivity index (χ2n) is 11.8. The van der Waals surface area contributed by atoms with Gasteiger partial charge in [0.15, 0.2) is 0 Å². The summed E-state index contributed by atoms with van der Waals surface area (Å²) in [6.45, 7) is 4.69. The molecule has 10 nitrogen and oxygen atoms in total. The predicted molar refractivity (Wildman–Crippen MR) is 160 cm³/mol. The number of aryl methyl sites for hydroxylation is 2. The molecule has 6 rings (SSSR count). The fourth-order valence-corrected chi connectivity index (χ4v) is 6.56. The molecule has 0 radical (unpaired) electrons. The van der Waals surface area contributed by atoms with Gasteiger partial charge < -0.3 is 18.9 Å². The van der Waals surface area contributed by atoms with Crippen LogP contribution in [0, 0.1) is 12.8 Å². The monoisotopic (exact) mass is 584 g/mol. The van der Waals surface area contributed by atoms with Crippen LogP contribution in [0.25, 0.3) is 11.1 Å². The van der Waals surface area contributed by atoms with E-state index in [0.717, 1.165) is 58.8 Å².